The molecule has 5 heteroatoms. The third-order valence-electron chi connectivity index (χ3n) is 4.22. The van der Waals surface area contributed by atoms with Gasteiger partial charge in [0.25, 0.3) is 0 Å². The Kier molecular flexibility index (Phi) is 3.14. The topological polar surface area (TPSA) is 54.5 Å². The van der Waals surface area contributed by atoms with E-state index in [-0.39, 0.29) is 5.97 Å². The van der Waals surface area contributed by atoms with Crippen LogP contribution >= 0.6 is 0 Å². The molecule has 19 heavy (non-hydrogen) atoms. The lowest BCUT2D eigenvalue weighted by atomic mass is 9.72. The van der Waals surface area contributed by atoms with E-state index >= 15 is 0 Å². The van der Waals surface area contributed by atoms with Gasteiger partial charge in [0.2, 0.25) is 0 Å². The van der Waals surface area contributed by atoms with E-state index in [0.717, 1.165) is 31.9 Å². The lowest BCUT2D eigenvalue weighted by Crippen LogP contribution is -2.60. The number of nitrogens with zero attached hydrogens (tertiary/aromatic N) is 2. The number of ether oxygens (including phenoxy) is 1. The highest BCUT2D eigenvalue weighted by Crippen LogP contribution is 2.40. The Morgan fingerprint density at radius 1 is 1.37 bits per heavy atom. The van der Waals surface area contributed by atoms with E-state index in [0.29, 0.717) is 11.1 Å². The predicted octanol–water partition coefficient (Wildman–Crippen LogP) is 1.06. The molecule has 3 rings (SSSR count). The summed E-state index contributed by atoms with van der Waals surface area (Å²) in [6.07, 6.45) is 4.29. The molecule has 1 aromatic heterocycles. The standard InChI is InChI=1S/C14H19N3O2/c1-19-13(18)12-3-2-11(8-16-12)17-9-14(10-17)4-6-15-7-5-14/h2-3,8,15H,4-7,9-10H2,1H3. The van der Waals surface area contributed by atoms with E-state index in [1.165, 1.54) is 20.0 Å². The molecule has 1 N–H and O–H groups in total. The summed E-state index contributed by atoms with van der Waals surface area (Å²) in [6, 6.07) is 3.68. The molecule has 0 radical (unpaired) electrons. The molecule has 1 spiro atoms. The van der Waals surface area contributed by atoms with Crippen LogP contribution in [0, 0.1) is 5.41 Å². The van der Waals surface area contributed by atoms with Gasteiger partial charge in [-0.2, -0.15) is 0 Å². The first-order chi connectivity index (χ1) is 9.22. The van der Waals surface area contributed by atoms with Crippen molar-refractivity contribution in [2.75, 3.05) is 38.2 Å². The minimum absolute atomic E-state index is 0.364. The number of hydrogen-bond donors (Lipinski definition) is 1. The largest absolute Gasteiger partial charge is 0.464 e. The molecule has 1 aromatic rings. The first-order valence-electron chi connectivity index (χ1n) is 6.73. The normalized spacial score (nSPS) is 21.0. The van der Waals surface area contributed by atoms with Crippen molar-refractivity contribution in [2.45, 2.75) is 12.8 Å². The summed E-state index contributed by atoms with van der Waals surface area (Å²) in [6.45, 7) is 4.47. The van der Waals surface area contributed by atoms with Crippen LogP contribution in [0.2, 0.25) is 0 Å². The minimum Gasteiger partial charge on any atom is -0.464 e. The lowest BCUT2D eigenvalue weighted by molar-refractivity contribution is 0.0594. The van der Waals surface area contributed by atoms with Gasteiger partial charge in [-0.3, -0.25) is 0 Å². The molecular formula is C14H19N3O2. The van der Waals surface area contributed by atoms with Gasteiger partial charge in [0.15, 0.2) is 0 Å². The molecule has 0 bridgehead atoms. The van der Waals surface area contributed by atoms with Crippen LogP contribution in [0.1, 0.15) is 23.3 Å². The Bertz CT molecular complexity index is 458. The summed E-state index contributed by atoms with van der Waals surface area (Å²) in [7, 11) is 1.37. The Morgan fingerprint density at radius 2 is 2.11 bits per heavy atom. The van der Waals surface area contributed by atoms with Crippen molar-refractivity contribution in [3.63, 3.8) is 0 Å². The number of hydrogen-bond acceptors (Lipinski definition) is 5. The molecule has 0 aliphatic carbocycles. The molecule has 102 valence electrons. The summed E-state index contributed by atoms with van der Waals surface area (Å²) < 4.78 is 4.64. The first-order valence-corrected chi connectivity index (χ1v) is 6.73. The average Bonchev–Trinajstić information content (AvgIpc) is 2.45. The van der Waals surface area contributed by atoms with Crippen LogP contribution in [0.25, 0.3) is 0 Å². The number of nitrogens with one attached hydrogen (secondary N) is 1. The third-order valence-corrected chi connectivity index (χ3v) is 4.22. The molecule has 2 fully saturated rings. The molecule has 0 amide bonds. The fourth-order valence-electron chi connectivity index (χ4n) is 3.02. The van der Waals surface area contributed by atoms with Crippen molar-refractivity contribution < 1.29 is 9.53 Å². The summed E-state index contributed by atoms with van der Waals surface area (Å²) in [5, 5.41) is 3.41. The highest BCUT2D eigenvalue weighted by Gasteiger charge is 2.43. The zero-order chi connectivity index (χ0) is 13.3. The van der Waals surface area contributed by atoms with E-state index in [4.69, 9.17) is 0 Å². The Balaban J connectivity index is 1.63. The van der Waals surface area contributed by atoms with Crippen molar-refractivity contribution in [2.24, 2.45) is 5.41 Å². The van der Waals surface area contributed by atoms with Crippen LogP contribution in [-0.4, -0.2) is 44.2 Å². The van der Waals surface area contributed by atoms with Gasteiger partial charge in [-0.1, -0.05) is 0 Å². The quantitative estimate of drug-likeness (QED) is 0.807. The van der Waals surface area contributed by atoms with E-state index in [2.05, 4.69) is 19.9 Å². The number of carbonyl (C=O) groups is 1. The Labute approximate surface area is 113 Å². The van der Waals surface area contributed by atoms with Crippen molar-refractivity contribution >= 4 is 11.7 Å². The van der Waals surface area contributed by atoms with Crippen LogP contribution < -0.4 is 10.2 Å². The molecule has 5 nitrogen and oxygen atoms in total. The van der Waals surface area contributed by atoms with E-state index in [1.54, 1.807) is 12.3 Å². The van der Waals surface area contributed by atoms with Gasteiger partial charge in [-0.05, 0) is 38.1 Å². The molecular weight excluding hydrogens is 242 g/mol. The molecule has 2 saturated heterocycles. The number of carbonyl (C=O) groups excluding carboxylic acids is 1. The highest BCUT2D eigenvalue weighted by molar-refractivity contribution is 5.87. The number of rotatable bonds is 2. The zero-order valence-corrected chi connectivity index (χ0v) is 11.2. The van der Waals surface area contributed by atoms with Crippen LogP contribution in [0.3, 0.4) is 0 Å². The number of methoxy groups -OCH3 is 1. The van der Waals surface area contributed by atoms with Crippen molar-refractivity contribution in [1.29, 1.82) is 0 Å². The minimum atomic E-state index is -0.384. The Morgan fingerprint density at radius 3 is 2.68 bits per heavy atom. The van der Waals surface area contributed by atoms with Crippen molar-refractivity contribution in [3.8, 4) is 0 Å². The van der Waals surface area contributed by atoms with Gasteiger partial charge in [-0.15, -0.1) is 0 Å². The second-order valence-corrected chi connectivity index (χ2v) is 5.50. The summed E-state index contributed by atoms with van der Waals surface area (Å²) in [5.74, 6) is -0.384. The number of piperidine rings is 1. The smallest absolute Gasteiger partial charge is 0.356 e. The SMILES string of the molecule is COC(=O)c1ccc(N2CC3(CCNCC3)C2)cn1. The van der Waals surface area contributed by atoms with Gasteiger partial charge in [-0.25, -0.2) is 9.78 Å². The highest BCUT2D eigenvalue weighted by atomic mass is 16.5. The third kappa shape index (κ3) is 2.30. The fraction of sp³-hybridized carbons (Fsp3) is 0.571. The fourth-order valence-corrected chi connectivity index (χ4v) is 3.02. The van der Waals surface area contributed by atoms with Crippen LogP contribution in [0.5, 0.6) is 0 Å². The first kappa shape index (κ1) is 12.4. The second kappa shape index (κ2) is 4.81. The van der Waals surface area contributed by atoms with Gasteiger partial charge >= 0.3 is 5.97 Å². The van der Waals surface area contributed by atoms with Crippen LogP contribution in [0.15, 0.2) is 18.3 Å². The van der Waals surface area contributed by atoms with Gasteiger partial charge in [0.1, 0.15) is 5.69 Å². The molecule has 0 atom stereocenters. The molecule has 2 aliphatic heterocycles. The molecule has 0 unspecified atom stereocenters. The average molecular weight is 261 g/mol. The second-order valence-electron chi connectivity index (χ2n) is 5.50. The monoisotopic (exact) mass is 261 g/mol. The Hall–Kier alpha value is -1.62. The van der Waals surface area contributed by atoms with Gasteiger partial charge < -0.3 is 15.0 Å². The van der Waals surface area contributed by atoms with Gasteiger partial charge in [0.05, 0.1) is 19.0 Å². The van der Waals surface area contributed by atoms with Crippen molar-refractivity contribution in [1.82, 2.24) is 10.3 Å². The zero-order valence-electron chi connectivity index (χ0n) is 11.2. The maximum atomic E-state index is 11.3. The number of pyridine rings is 1. The maximum absolute atomic E-state index is 11.3. The van der Waals surface area contributed by atoms with E-state index < -0.39 is 0 Å². The predicted molar refractivity (Wildman–Crippen MR) is 72.3 cm³/mol. The number of anilines is 1. The summed E-state index contributed by atoms with van der Waals surface area (Å²) >= 11 is 0. The van der Waals surface area contributed by atoms with E-state index in [9.17, 15) is 4.79 Å². The van der Waals surface area contributed by atoms with Crippen LogP contribution in [-0.2, 0) is 4.74 Å². The maximum Gasteiger partial charge on any atom is 0.356 e. The van der Waals surface area contributed by atoms with Gasteiger partial charge in [0, 0.05) is 18.5 Å². The van der Waals surface area contributed by atoms with Crippen LogP contribution in [0.4, 0.5) is 5.69 Å². The lowest BCUT2D eigenvalue weighted by Gasteiger charge is -2.53. The number of aromatic nitrogens is 1. The summed E-state index contributed by atoms with van der Waals surface area (Å²) in [5.41, 5.74) is 1.96. The number of esters is 1. The molecule has 3 heterocycles. The molecule has 0 aromatic carbocycles. The molecule has 0 saturated carbocycles. The molecule has 2 aliphatic rings. The summed E-state index contributed by atoms with van der Waals surface area (Å²) in [4.78, 5) is 17.8. The van der Waals surface area contributed by atoms with Crippen molar-refractivity contribution in [3.05, 3.63) is 24.0 Å². The van der Waals surface area contributed by atoms with E-state index in [1.807, 2.05) is 6.07 Å².